The highest BCUT2D eigenvalue weighted by Crippen LogP contribution is 2.33. The molecule has 1 aromatic rings. The van der Waals surface area contributed by atoms with Crippen molar-refractivity contribution in [3.63, 3.8) is 0 Å². The maximum atomic E-state index is 11.2. The van der Waals surface area contributed by atoms with Crippen LogP contribution in [0.25, 0.3) is 0 Å². The molecule has 3 heteroatoms. The third kappa shape index (κ3) is 2.65. The first-order valence-corrected chi connectivity index (χ1v) is 7.34. The summed E-state index contributed by atoms with van der Waals surface area (Å²) in [5, 5.41) is 4.73. The molecule has 1 aromatic heterocycles. The van der Waals surface area contributed by atoms with E-state index in [4.69, 9.17) is 5.10 Å². The Balaban J connectivity index is 2.25. The van der Waals surface area contributed by atoms with Gasteiger partial charge in [0.05, 0.1) is 17.3 Å². The molecule has 1 aliphatic rings. The van der Waals surface area contributed by atoms with Crippen LogP contribution in [0.1, 0.15) is 86.8 Å². The van der Waals surface area contributed by atoms with Crippen molar-refractivity contribution >= 4 is 6.29 Å². The fourth-order valence-corrected chi connectivity index (χ4v) is 3.05. The molecule has 100 valence electrons. The summed E-state index contributed by atoms with van der Waals surface area (Å²) in [6, 6.07) is 0.432. The lowest BCUT2D eigenvalue weighted by molar-refractivity contribution is 0.112. The number of rotatable bonds is 5. The van der Waals surface area contributed by atoms with E-state index in [-0.39, 0.29) is 0 Å². The van der Waals surface area contributed by atoms with Crippen molar-refractivity contribution in [1.82, 2.24) is 9.78 Å². The Hall–Kier alpha value is -1.12. The van der Waals surface area contributed by atoms with Gasteiger partial charge < -0.3 is 0 Å². The number of aldehydes is 1. The highest BCUT2D eigenvalue weighted by atomic mass is 16.1. The molecule has 0 atom stereocenters. The third-order valence-corrected chi connectivity index (χ3v) is 4.23. The summed E-state index contributed by atoms with van der Waals surface area (Å²) in [5.74, 6) is 0.509. The van der Waals surface area contributed by atoms with E-state index in [1.165, 1.54) is 32.1 Å². The smallest absolute Gasteiger partial charge is 0.153 e. The second-order valence-corrected chi connectivity index (χ2v) is 5.37. The first-order chi connectivity index (χ1) is 8.80. The van der Waals surface area contributed by atoms with Crippen LogP contribution in [-0.4, -0.2) is 16.1 Å². The molecule has 0 spiro atoms. The molecule has 0 saturated heterocycles. The second-order valence-electron chi connectivity index (χ2n) is 5.37. The van der Waals surface area contributed by atoms with Crippen molar-refractivity contribution < 1.29 is 4.79 Å². The molecule has 0 radical (unpaired) electrons. The standard InChI is InChI=1S/C15H24N2O/c1-3-14(4-2)17-10-13(11-18)15(16-17)12-8-6-5-7-9-12/h10-12,14H,3-9H2,1-2H3. The quantitative estimate of drug-likeness (QED) is 0.735. The van der Waals surface area contributed by atoms with E-state index in [2.05, 4.69) is 13.8 Å². The molecule has 0 unspecified atom stereocenters. The minimum Gasteiger partial charge on any atom is -0.298 e. The molecule has 1 saturated carbocycles. The Morgan fingerprint density at radius 2 is 2.00 bits per heavy atom. The first kappa shape index (κ1) is 13.3. The van der Waals surface area contributed by atoms with Crippen LogP contribution < -0.4 is 0 Å². The van der Waals surface area contributed by atoms with E-state index in [1.807, 2.05) is 10.9 Å². The predicted octanol–water partition coefficient (Wildman–Crippen LogP) is 4.10. The first-order valence-electron chi connectivity index (χ1n) is 7.34. The molecule has 3 nitrogen and oxygen atoms in total. The van der Waals surface area contributed by atoms with Gasteiger partial charge in [0, 0.05) is 12.1 Å². The molecular formula is C15H24N2O. The minimum atomic E-state index is 0.432. The Bertz CT molecular complexity index is 387. The van der Waals surface area contributed by atoms with Gasteiger partial charge in [-0.15, -0.1) is 0 Å². The maximum absolute atomic E-state index is 11.2. The van der Waals surface area contributed by atoms with E-state index in [0.717, 1.165) is 30.4 Å². The molecule has 1 aliphatic carbocycles. The van der Waals surface area contributed by atoms with Gasteiger partial charge in [-0.05, 0) is 25.7 Å². The van der Waals surface area contributed by atoms with Crippen LogP contribution >= 0.6 is 0 Å². The SMILES string of the molecule is CCC(CC)n1cc(C=O)c(C2CCCCC2)n1. The van der Waals surface area contributed by atoms with Crippen LogP contribution in [0.4, 0.5) is 0 Å². The molecule has 18 heavy (non-hydrogen) atoms. The van der Waals surface area contributed by atoms with Crippen LogP contribution in [0.5, 0.6) is 0 Å². The Labute approximate surface area is 110 Å². The van der Waals surface area contributed by atoms with Crippen molar-refractivity contribution in [3.05, 3.63) is 17.5 Å². The van der Waals surface area contributed by atoms with E-state index >= 15 is 0 Å². The van der Waals surface area contributed by atoms with Crippen molar-refractivity contribution in [2.45, 2.75) is 70.8 Å². The average Bonchev–Trinajstić information content (AvgIpc) is 2.85. The van der Waals surface area contributed by atoms with Crippen LogP contribution in [0.3, 0.4) is 0 Å². The average molecular weight is 248 g/mol. The van der Waals surface area contributed by atoms with Crippen molar-refractivity contribution in [2.75, 3.05) is 0 Å². The molecule has 1 heterocycles. The number of carbonyl (C=O) groups is 1. The molecule has 0 aromatic carbocycles. The van der Waals surface area contributed by atoms with Gasteiger partial charge in [-0.2, -0.15) is 5.10 Å². The summed E-state index contributed by atoms with van der Waals surface area (Å²) >= 11 is 0. The summed E-state index contributed by atoms with van der Waals surface area (Å²) in [5.41, 5.74) is 1.87. The molecule has 1 fully saturated rings. The van der Waals surface area contributed by atoms with Gasteiger partial charge in [0.2, 0.25) is 0 Å². The van der Waals surface area contributed by atoms with Gasteiger partial charge in [0.1, 0.15) is 0 Å². The molecule has 0 bridgehead atoms. The fraction of sp³-hybridized carbons (Fsp3) is 0.733. The van der Waals surface area contributed by atoms with Gasteiger partial charge in [-0.3, -0.25) is 9.48 Å². The van der Waals surface area contributed by atoms with Crippen LogP contribution in [-0.2, 0) is 0 Å². The zero-order valence-corrected chi connectivity index (χ0v) is 11.6. The van der Waals surface area contributed by atoms with Crippen molar-refractivity contribution in [2.24, 2.45) is 0 Å². The normalized spacial score (nSPS) is 17.3. The molecule has 0 aliphatic heterocycles. The molecule has 2 rings (SSSR count). The predicted molar refractivity (Wildman–Crippen MR) is 73.1 cm³/mol. The fourth-order valence-electron chi connectivity index (χ4n) is 3.05. The topological polar surface area (TPSA) is 34.9 Å². The number of aromatic nitrogens is 2. The lowest BCUT2D eigenvalue weighted by Crippen LogP contribution is -2.10. The summed E-state index contributed by atoms with van der Waals surface area (Å²) in [7, 11) is 0. The third-order valence-electron chi connectivity index (χ3n) is 4.23. The Morgan fingerprint density at radius 3 is 2.56 bits per heavy atom. The largest absolute Gasteiger partial charge is 0.298 e. The lowest BCUT2D eigenvalue weighted by atomic mass is 9.86. The Morgan fingerprint density at radius 1 is 1.33 bits per heavy atom. The lowest BCUT2D eigenvalue weighted by Gasteiger charge is -2.20. The summed E-state index contributed by atoms with van der Waals surface area (Å²) < 4.78 is 2.02. The maximum Gasteiger partial charge on any atom is 0.153 e. The molecule has 0 amide bonds. The monoisotopic (exact) mass is 248 g/mol. The summed E-state index contributed by atoms with van der Waals surface area (Å²) in [6.07, 6.45) is 11.4. The van der Waals surface area contributed by atoms with Gasteiger partial charge in [0.25, 0.3) is 0 Å². The van der Waals surface area contributed by atoms with E-state index in [0.29, 0.717) is 12.0 Å². The number of nitrogens with zero attached hydrogens (tertiary/aromatic N) is 2. The zero-order valence-electron chi connectivity index (χ0n) is 11.6. The molecular weight excluding hydrogens is 224 g/mol. The number of hydrogen-bond acceptors (Lipinski definition) is 2. The number of hydrogen-bond donors (Lipinski definition) is 0. The highest BCUT2D eigenvalue weighted by Gasteiger charge is 2.22. The van der Waals surface area contributed by atoms with Gasteiger partial charge in [-0.1, -0.05) is 33.1 Å². The summed E-state index contributed by atoms with van der Waals surface area (Å²) in [6.45, 7) is 4.35. The van der Waals surface area contributed by atoms with E-state index in [1.54, 1.807) is 0 Å². The van der Waals surface area contributed by atoms with Crippen LogP contribution in [0, 0.1) is 0 Å². The highest BCUT2D eigenvalue weighted by molar-refractivity contribution is 5.76. The van der Waals surface area contributed by atoms with E-state index < -0.39 is 0 Å². The van der Waals surface area contributed by atoms with Crippen LogP contribution in [0.15, 0.2) is 6.20 Å². The zero-order chi connectivity index (χ0) is 13.0. The molecule has 0 N–H and O–H groups in total. The number of carbonyl (C=O) groups excluding carboxylic acids is 1. The van der Waals surface area contributed by atoms with Gasteiger partial charge in [0.15, 0.2) is 6.29 Å². The van der Waals surface area contributed by atoms with Crippen LogP contribution in [0.2, 0.25) is 0 Å². The van der Waals surface area contributed by atoms with Gasteiger partial charge in [-0.25, -0.2) is 0 Å². The van der Waals surface area contributed by atoms with E-state index in [9.17, 15) is 4.79 Å². The Kier molecular flexibility index (Phi) is 4.56. The van der Waals surface area contributed by atoms with Crippen molar-refractivity contribution in [1.29, 1.82) is 0 Å². The minimum absolute atomic E-state index is 0.432. The second kappa shape index (κ2) is 6.17. The van der Waals surface area contributed by atoms with Gasteiger partial charge >= 0.3 is 0 Å². The van der Waals surface area contributed by atoms with Crippen molar-refractivity contribution in [3.8, 4) is 0 Å². The summed E-state index contributed by atoms with van der Waals surface area (Å²) in [4.78, 5) is 11.2.